The number of nitrogens with two attached hydrogens (primary N) is 1. The summed E-state index contributed by atoms with van der Waals surface area (Å²) in [6.45, 7) is 0.411. The molecule has 0 aliphatic carbocycles. The van der Waals surface area contributed by atoms with E-state index in [4.69, 9.17) is 5.73 Å². The highest BCUT2D eigenvalue weighted by Crippen LogP contribution is 1.82. The summed E-state index contributed by atoms with van der Waals surface area (Å²) in [6, 6.07) is 0. The van der Waals surface area contributed by atoms with Crippen molar-refractivity contribution in [3.63, 3.8) is 0 Å². The molecule has 41 valence electrons. The summed E-state index contributed by atoms with van der Waals surface area (Å²) in [5.41, 5.74) is 5.92. The van der Waals surface area contributed by atoms with Crippen LogP contribution < -0.4 is 5.73 Å². The van der Waals surface area contributed by atoms with Crippen molar-refractivity contribution in [2.24, 2.45) is 5.73 Å². The molecule has 1 rings (SSSR count). The summed E-state index contributed by atoms with van der Waals surface area (Å²) in [5, 5.41) is 0. The average Bonchev–Trinajstić information content (AvgIpc) is 1.90. The van der Waals surface area contributed by atoms with E-state index in [1.54, 1.807) is 12.4 Å². The molecule has 0 spiro atoms. The van der Waals surface area contributed by atoms with Crippen LogP contribution in [0.25, 0.3) is 0 Å². The van der Waals surface area contributed by atoms with Crippen LogP contribution in [0.15, 0.2) is 12.4 Å². The highest BCUT2D eigenvalue weighted by molar-refractivity contribution is 4.90. The molecule has 0 aliphatic rings. The van der Waals surface area contributed by atoms with Gasteiger partial charge in [0, 0.05) is 18.9 Å². The van der Waals surface area contributed by atoms with E-state index in [9.17, 15) is 0 Å². The summed E-state index contributed by atoms with van der Waals surface area (Å²) in [5.74, 6) is 0. The number of nitrogens with zero attached hydrogens (tertiary/aromatic N) is 2. The van der Waals surface area contributed by atoms with Crippen LogP contribution >= 0.6 is 0 Å². The molecule has 1 heterocycles. The highest BCUT2D eigenvalue weighted by atomic mass is 14.8. The van der Waals surface area contributed by atoms with Gasteiger partial charge in [-0.25, -0.2) is 0 Å². The molecule has 8 heavy (non-hydrogen) atoms. The third kappa shape index (κ3) is 1.01. The van der Waals surface area contributed by atoms with Gasteiger partial charge in [0.05, 0.1) is 5.69 Å². The van der Waals surface area contributed by atoms with Gasteiger partial charge in [0.2, 0.25) is 0 Å². The van der Waals surface area contributed by atoms with E-state index in [1.165, 1.54) is 0 Å². The van der Waals surface area contributed by atoms with Crippen LogP contribution in [0, 0.1) is 6.20 Å². The molecule has 0 saturated carbocycles. The van der Waals surface area contributed by atoms with Crippen molar-refractivity contribution < 1.29 is 0 Å². The third-order valence-electron chi connectivity index (χ3n) is 0.759. The van der Waals surface area contributed by atoms with Crippen molar-refractivity contribution in [1.82, 2.24) is 9.97 Å². The maximum Gasteiger partial charge on any atom is 0.113 e. The van der Waals surface area contributed by atoms with Crippen molar-refractivity contribution >= 4 is 0 Å². The smallest absolute Gasteiger partial charge is 0.113 e. The van der Waals surface area contributed by atoms with Gasteiger partial charge in [0.1, 0.15) is 6.20 Å². The van der Waals surface area contributed by atoms with E-state index in [0.717, 1.165) is 0 Å². The van der Waals surface area contributed by atoms with Crippen LogP contribution in [0.3, 0.4) is 0 Å². The third-order valence-corrected chi connectivity index (χ3v) is 0.759. The summed E-state index contributed by atoms with van der Waals surface area (Å²) in [6.07, 6.45) is 5.80. The van der Waals surface area contributed by atoms with Gasteiger partial charge in [-0.2, -0.15) is 0 Å². The van der Waals surface area contributed by atoms with Crippen LogP contribution in [0.1, 0.15) is 5.69 Å². The summed E-state index contributed by atoms with van der Waals surface area (Å²) in [7, 11) is 0. The molecule has 0 saturated heterocycles. The van der Waals surface area contributed by atoms with Gasteiger partial charge in [-0.05, 0) is 0 Å². The Morgan fingerprint density at radius 3 is 2.88 bits per heavy atom. The minimum atomic E-state index is 0.411. The molecule has 1 radical (unpaired) electrons. The largest absolute Gasteiger partial charge is 0.325 e. The molecule has 0 amide bonds. The first-order valence-corrected chi connectivity index (χ1v) is 2.31. The lowest BCUT2D eigenvalue weighted by molar-refractivity contribution is 0.957. The lowest BCUT2D eigenvalue weighted by atomic mass is 10.5. The first-order valence-electron chi connectivity index (χ1n) is 2.31. The molecule has 0 unspecified atom stereocenters. The molecule has 0 bridgehead atoms. The quantitative estimate of drug-likeness (QED) is 0.539. The molecule has 0 aromatic carbocycles. The summed E-state index contributed by atoms with van der Waals surface area (Å²) >= 11 is 0. The first-order chi connectivity index (χ1) is 3.93. The maximum absolute atomic E-state index is 5.22. The van der Waals surface area contributed by atoms with E-state index in [2.05, 4.69) is 16.2 Å². The Morgan fingerprint density at radius 2 is 2.50 bits per heavy atom. The monoisotopic (exact) mass is 108 g/mol. The molecule has 3 heteroatoms. The van der Waals surface area contributed by atoms with Crippen LogP contribution in [-0.2, 0) is 6.54 Å². The zero-order valence-corrected chi connectivity index (χ0v) is 4.33. The molecule has 2 N–H and O–H groups in total. The zero-order valence-electron chi connectivity index (χ0n) is 4.33. The maximum atomic E-state index is 5.22. The molecular weight excluding hydrogens is 102 g/mol. The predicted octanol–water partition coefficient (Wildman–Crippen LogP) is -0.265. The van der Waals surface area contributed by atoms with Crippen LogP contribution in [0.4, 0.5) is 0 Å². The van der Waals surface area contributed by atoms with Gasteiger partial charge in [-0.15, -0.1) is 0 Å². The van der Waals surface area contributed by atoms with Gasteiger partial charge < -0.3 is 5.73 Å². The fraction of sp³-hybridized carbons (Fsp3) is 0.200. The predicted molar refractivity (Wildman–Crippen MR) is 28.8 cm³/mol. The van der Waals surface area contributed by atoms with E-state index in [-0.39, 0.29) is 0 Å². The Balaban J connectivity index is 2.83. The molecule has 1 aromatic heterocycles. The van der Waals surface area contributed by atoms with Gasteiger partial charge in [-0.1, -0.05) is 0 Å². The summed E-state index contributed by atoms with van der Waals surface area (Å²) < 4.78 is 0. The molecule has 0 fully saturated rings. The van der Waals surface area contributed by atoms with Gasteiger partial charge in [0.25, 0.3) is 0 Å². The second kappa shape index (κ2) is 2.37. The Kier molecular flexibility index (Phi) is 1.54. The number of hydrogen-bond acceptors (Lipinski definition) is 3. The van der Waals surface area contributed by atoms with Crippen molar-refractivity contribution in [2.45, 2.75) is 6.54 Å². The highest BCUT2D eigenvalue weighted by Gasteiger charge is 1.84. The molecule has 0 atom stereocenters. The minimum Gasteiger partial charge on any atom is -0.325 e. The topological polar surface area (TPSA) is 51.8 Å². The normalized spacial score (nSPS) is 9.12. The first kappa shape index (κ1) is 5.18. The Bertz CT molecular complexity index is 149. The number of hydrogen-bond donors (Lipinski definition) is 1. The molecular formula is C5H6N3. The van der Waals surface area contributed by atoms with Crippen molar-refractivity contribution in [1.29, 1.82) is 0 Å². The Labute approximate surface area is 47.6 Å². The van der Waals surface area contributed by atoms with E-state index in [1.807, 2.05) is 0 Å². The second-order valence-electron chi connectivity index (χ2n) is 1.32. The lowest BCUT2D eigenvalue weighted by Gasteiger charge is -1.87. The summed E-state index contributed by atoms with van der Waals surface area (Å²) in [4.78, 5) is 7.54. The van der Waals surface area contributed by atoms with Crippen LogP contribution in [0.5, 0.6) is 0 Å². The van der Waals surface area contributed by atoms with E-state index in [0.29, 0.717) is 12.2 Å². The number of aromatic nitrogens is 2. The Morgan fingerprint density at radius 1 is 1.62 bits per heavy atom. The standard InChI is InChI=1S/C5H6N3/c6-3-5-4-7-1-2-8-5/h1-2H,3,6H2. The van der Waals surface area contributed by atoms with Gasteiger partial charge in [-0.3, -0.25) is 9.97 Å². The van der Waals surface area contributed by atoms with Crippen LogP contribution in [0.2, 0.25) is 0 Å². The van der Waals surface area contributed by atoms with Crippen molar-refractivity contribution in [2.75, 3.05) is 0 Å². The molecule has 3 nitrogen and oxygen atoms in total. The van der Waals surface area contributed by atoms with E-state index >= 15 is 0 Å². The molecule has 0 aliphatic heterocycles. The van der Waals surface area contributed by atoms with Gasteiger partial charge in [0.15, 0.2) is 0 Å². The zero-order chi connectivity index (χ0) is 5.82. The van der Waals surface area contributed by atoms with Gasteiger partial charge >= 0.3 is 0 Å². The van der Waals surface area contributed by atoms with E-state index < -0.39 is 0 Å². The van der Waals surface area contributed by atoms with Crippen LogP contribution in [-0.4, -0.2) is 9.97 Å². The van der Waals surface area contributed by atoms with Crippen molar-refractivity contribution in [3.05, 3.63) is 24.3 Å². The van der Waals surface area contributed by atoms with Crippen molar-refractivity contribution in [3.8, 4) is 0 Å². The second-order valence-corrected chi connectivity index (χ2v) is 1.32. The SMILES string of the molecule is NCc1[c]nccn1. The average molecular weight is 108 g/mol. The number of rotatable bonds is 1. The fourth-order valence-electron chi connectivity index (χ4n) is 0.396. The lowest BCUT2D eigenvalue weighted by Crippen LogP contribution is -1.98. The fourth-order valence-corrected chi connectivity index (χ4v) is 0.396. The minimum absolute atomic E-state index is 0.411. The molecule has 1 aromatic rings. The Hall–Kier alpha value is -0.960.